The number of rotatable bonds is 8. The van der Waals surface area contributed by atoms with E-state index in [2.05, 4.69) is 5.32 Å². The SMILES string of the molecule is CC(=O)OC(/C=C/CCCCNC(=O)OC(C)(C)C)c1ccccc1. The number of unbranched alkanes of at least 4 members (excludes halogenated alkanes) is 2. The number of carbonyl (C=O) groups is 2. The first-order valence-corrected chi connectivity index (χ1v) is 8.63. The molecule has 0 aromatic heterocycles. The summed E-state index contributed by atoms with van der Waals surface area (Å²) in [5.41, 5.74) is 0.469. The van der Waals surface area contributed by atoms with Crippen LogP contribution < -0.4 is 5.32 Å². The van der Waals surface area contributed by atoms with Crippen LogP contribution in [0.2, 0.25) is 0 Å². The largest absolute Gasteiger partial charge is 0.453 e. The highest BCUT2D eigenvalue weighted by Crippen LogP contribution is 2.19. The second kappa shape index (κ2) is 10.5. The van der Waals surface area contributed by atoms with Gasteiger partial charge in [0.2, 0.25) is 0 Å². The highest BCUT2D eigenvalue weighted by Gasteiger charge is 2.15. The summed E-state index contributed by atoms with van der Waals surface area (Å²) in [4.78, 5) is 22.8. The monoisotopic (exact) mass is 347 g/mol. The minimum Gasteiger partial charge on any atom is -0.453 e. The average molecular weight is 347 g/mol. The third-order valence-electron chi connectivity index (χ3n) is 3.20. The quantitative estimate of drug-likeness (QED) is 0.426. The first-order chi connectivity index (χ1) is 11.8. The van der Waals surface area contributed by atoms with E-state index < -0.39 is 5.60 Å². The van der Waals surface area contributed by atoms with Gasteiger partial charge in [-0.15, -0.1) is 0 Å². The molecule has 5 nitrogen and oxygen atoms in total. The first kappa shape index (κ1) is 20.7. The summed E-state index contributed by atoms with van der Waals surface area (Å²) in [6.45, 7) is 7.50. The van der Waals surface area contributed by atoms with Crippen LogP contribution in [0.1, 0.15) is 58.6 Å². The Bertz CT molecular complexity index is 561. The molecule has 5 heteroatoms. The van der Waals surface area contributed by atoms with Crippen molar-refractivity contribution in [3.63, 3.8) is 0 Å². The van der Waals surface area contributed by atoms with Gasteiger partial charge in [0.05, 0.1) is 0 Å². The van der Waals surface area contributed by atoms with Gasteiger partial charge in [-0.2, -0.15) is 0 Å². The molecule has 0 spiro atoms. The maximum Gasteiger partial charge on any atom is 0.407 e. The summed E-state index contributed by atoms with van der Waals surface area (Å²) in [6, 6.07) is 9.63. The molecular weight excluding hydrogens is 318 g/mol. The molecule has 0 saturated heterocycles. The number of alkyl carbamates (subject to hydrolysis) is 1. The Morgan fingerprint density at radius 2 is 1.84 bits per heavy atom. The molecule has 1 rings (SSSR count). The summed E-state index contributed by atoms with van der Waals surface area (Å²) in [5.74, 6) is -0.305. The topological polar surface area (TPSA) is 64.6 Å². The summed E-state index contributed by atoms with van der Waals surface area (Å²) in [7, 11) is 0. The van der Waals surface area contributed by atoms with E-state index in [1.807, 2.05) is 63.3 Å². The van der Waals surface area contributed by atoms with Crippen LogP contribution in [0.4, 0.5) is 4.79 Å². The molecule has 1 N–H and O–H groups in total. The van der Waals surface area contributed by atoms with Crippen LogP contribution in [0, 0.1) is 0 Å². The Labute approximate surface area is 150 Å². The minimum atomic E-state index is -0.476. The number of hydrogen-bond acceptors (Lipinski definition) is 4. The van der Waals surface area contributed by atoms with Crippen molar-refractivity contribution >= 4 is 12.1 Å². The normalized spacial score (nSPS) is 12.6. The predicted octanol–water partition coefficient (Wildman–Crippen LogP) is 4.54. The maximum atomic E-state index is 11.5. The van der Waals surface area contributed by atoms with Gasteiger partial charge >= 0.3 is 12.1 Å². The zero-order valence-electron chi connectivity index (χ0n) is 15.6. The molecule has 0 heterocycles. The molecule has 1 aromatic rings. The number of allylic oxidation sites excluding steroid dienone is 1. The number of esters is 1. The van der Waals surface area contributed by atoms with E-state index in [9.17, 15) is 9.59 Å². The van der Waals surface area contributed by atoms with Crippen LogP contribution in [0.3, 0.4) is 0 Å². The molecule has 1 atom stereocenters. The third-order valence-corrected chi connectivity index (χ3v) is 3.20. The molecule has 25 heavy (non-hydrogen) atoms. The lowest BCUT2D eigenvalue weighted by Crippen LogP contribution is -2.32. The summed E-state index contributed by atoms with van der Waals surface area (Å²) in [6.07, 6.45) is 5.79. The van der Waals surface area contributed by atoms with Crippen molar-refractivity contribution in [2.45, 2.75) is 58.7 Å². The molecular formula is C20H29NO4. The number of benzene rings is 1. The van der Waals surface area contributed by atoms with Gasteiger partial charge in [-0.3, -0.25) is 4.79 Å². The molecule has 1 unspecified atom stereocenters. The lowest BCUT2D eigenvalue weighted by atomic mass is 10.1. The number of hydrogen-bond donors (Lipinski definition) is 1. The van der Waals surface area contributed by atoms with Crippen molar-refractivity contribution in [2.75, 3.05) is 6.54 Å². The summed E-state index contributed by atoms with van der Waals surface area (Å²) >= 11 is 0. The van der Waals surface area contributed by atoms with Crippen molar-refractivity contribution in [3.05, 3.63) is 48.0 Å². The molecule has 0 aliphatic rings. The molecule has 138 valence electrons. The number of amides is 1. The maximum absolute atomic E-state index is 11.5. The second-order valence-corrected chi connectivity index (χ2v) is 6.79. The van der Waals surface area contributed by atoms with E-state index in [-0.39, 0.29) is 18.2 Å². The standard InChI is InChI=1S/C20H29NO4/c1-16(22)24-18(17-12-8-7-9-13-17)14-10-5-6-11-15-21-19(23)25-20(2,3)4/h7-10,12-14,18H,5-6,11,15H2,1-4H3,(H,21,23)/b14-10+. The number of carbonyl (C=O) groups excluding carboxylic acids is 2. The molecule has 1 aromatic carbocycles. The average Bonchev–Trinajstić information content (AvgIpc) is 2.51. The van der Waals surface area contributed by atoms with Crippen molar-refractivity contribution in [3.8, 4) is 0 Å². The molecule has 0 aliphatic heterocycles. The molecule has 0 aliphatic carbocycles. The van der Waals surface area contributed by atoms with Gasteiger partial charge in [0.15, 0.2) is 0 Å². The van der Waals surface area contributed by atoms with E-state index >= 15 is 0 Å². The van der Waals surface area contributed by atoms with Gasteiger partial charge in [0, 0.05) is 13.5 Å². The molecule has 0 saturated carbocycles. The Morgan fingerprint density at radius 3 is 2.44 bits per heavy atom. The minimum absolute atomic E-state index is 0.305. The van der Waals surface area contributed by atoms with Crippen LogP contribution in [-0.4, -0.2) is 24.2 Å². The fourth-order valence-electron chi connectivity index (χ4n) is 2.15. The van der Waals surface area contributed by atoms with Crippen molar-refractivity contribution in [1.29, 1.82) is 0 Å². The van der Waals surface area contributed by atoms with Gasteiger partial charge in [0.25, 0.3) is 0 Å². The van der Waals surface area contributed by atoms with Crippen molar-refractivity contribution in [1.82, 2.24) is 5.32 Å². The molecule has 1 amide bonds. The summed E-state index contributed by atoms with van der Waals surface area (Å²) < 4.78 is 10.5. The smallest absolute Gasteiger partial charge is 0.407 e. The van der Waals surface area contributed by atoms with E-state index in [0.717, 1.165) is 24.8 Å². The highest BCUT2D eigenvalue weighted by atomic mass is 16.6. The van der Waals surface area contributed by atoms with E-state index in [4.69, 9.17) is 9.47 Å². The van der Waals surface area contributed by atoms with Crippen LogP contribution in [0.5, 0.6) is 0 Å². The lowest BCUT2D eigenvalue weighted by molar-refractivity contribution is -0.144. The highest BCUT2D eigenvalue weighted by molar-refractivity contribution is 5.67. The molecule has 0 radical (unpaired) electrons. The van der Waals surface area contributed by atoms with E-state index in [1.165, 1.54) is 6.92 Å². The van der Waals surface area contributed by atoms with Gasteiger partial charge in [-0.1, -0.05) is 36.4 Å². The Kier molecular flexibility index (Phi) is 8.75. The van der Waals surface area contributed by atoms with Gasteiger partial charge in [-0.25, -0.2) is 4.79 Å². The zero-order valence-corrected chi connectivity index (χ0v) is 15.6. The second-order valence-electron chi connectivity index (χ2n) is 6.79. The van der Waals surface area contributed by atoms with Gasteiger partial charge in [-0.05, 0) is 51.7 Å². The fourth-order valence-corrected chi connectivity index (χ4v) is 2.15. The van der Waals surface area contributed by atoms with Crippen LogP contribution in [-0.2, 0) is 14.3 Å². The first-order valence-electron chi connectivity index (χ1n) is 8.63. The van der Waals surface area contributed by atoms with Gasteiger partial charge in [0.1, 0.15) is 11.7 Å². The Balaban J connectivity index is 2.30. The van der Waals surface area contributed by atoms with Crippen LogP contribution >= 0.6 is 0 Å². The fraction of sp³-hybridized carbons (Fsp3) is 0.500. The van der Waals surface area contributed by atoms with Crippen molar-refractivity contribution < 1.29 is 19.1 Å². The third kappa shape index (κ3) is 10.2. The van der Waals surface area contributed by atoms with Gasteiger partial charge < -0.3 is 14.8 Å². The van der Waals surface area contributed by atoms with E-state index in [0.29, 0.717) is 6.54 Å². The molecule has 0 bridgehead atoms. The van der Waals surface area contributed by atoms with Crippen molar-refractivity contribution in [2.24, 2.45) is 0 Å². The number of ether oxygens (including phenoxy) is 2. The zero-order chi connectivity index (χ0) is 18.7. The molecule has 0 fully saturated rings. The number of nitrogens with one attached hydrogen (secondary N) is 1. The van der Waals surface area contributed by atoms with Crippen LogP contribution in [0.25, 0.3) is 0 Å². The Hall–Kier alpha value is -2.30. The van der Waals surface area contributed by atoms with Crippen LogP contribution in [0.15, 0.2) is 42.5 Å². The van der Waals surface area contributed by atoms with E-state index in [1.54, 1.807) is 0 Å². The predicted molar refractivity (Wildman–Crippen MR) is 98.2 cm³/mol. The Morgan fingerprint density at radius 1 is 1.16 bits per heavy atom. The lowest BCUT2D eigenvalue weighted by Gasteiger charge is -2.19. The summed E-state index contributed by atoms with van der Waals surface area (Å²) in [5, 5.41) is 2.74.